The van der Waals surface area contributed by atoms with E-state index in [1.54, 1.807) is 0 Å². The molecule has 0 saturated heterocycles. The van der Waals surface area contributed by atoms with Crippen LogP contribution in [0.4, 0.5) is 0 Å². The van der Waals surface area contributed by atoms with E-state index in [9.17, 15) is 0 Å². The van der Waals surface area contributed by atoms with Gasteiger partial charge in [0.15, 0.2) is 0 Å². The number of hydrogen-bond donors (Lipinski definition) is 1. The topological polar surface area (TPSA) is 33.6 Å². The molecular weight excluding hydrogens is 224 g/mol. The molecule has 3 heteroatoms. The Kier molecular flexibility index (Phi) is 3.13. The fraction of sp³-hybridized carbons (Fsp3) is 0.267. The van der Waals surface area contributed by atoms with Crippen molar-refractivity contribution in [3.63, 3.8) is 0 Å². The van der Waals surface area contributed by atoms with Crippen LogP contribution < -0.4 is 10.1 Å². The minimum absolute atomic E-state index is 0.667. The van der Waals surface area contributed by atoms with E-state index in [0.29, 0.717) is 6.61 Å². The maximum Gasteiger partial charge on any atom is 0.127 e. The van der Waals surface area contributed by atoms with E-state index in [4.69, 9.17) is 4.74 Å². The minimum Gasteiger partial charge on any atom is -0.492 e. The minimum atomic E-state index is 0.667. The Morgan fingerprint density at radius 2 is 2.00 bits per heavy atom. The molecule has 0 spiro atoms. The van der Waals surface area contributed by atoms with Gasteiger partial charge in [0.05, 0.1) is 19.0 Å². The lowest BCUT2D eigenvalue weighted by atomic mass is 10.1. The molecule has 1 aliphatic rings. The molecule has 1 heterocycles. The predicted octanol–water partition coefficient (Wildman–Crippen LogP) is 2.61. The third-order valence-electron chi connectivity index (χ3n) is 3.09. The summed E-state index contributed by atoms with van der Waals surface area (Å²) in [7, 11) is 0. The van der Waals surface area contributed by atoms with Crippen molar-refractivity contribution in [1.82, 2.24) is 5.32 Å². The SMILES string of the molecule is c1ccc2c(OCCC3=NCCN3)cccc2c1. The highest BCUT2D eigenvalue weighted by atomic mass is 16.5. The van der Waals surface area contributed by atoms with Crippen LogP contribution in [0.5, 0.6) is 5.75 Å². The summed E-state index contributed by atoms with van der Waals surface area (Å²) < 4.78 is 5.86. The van der Waals surface area contributed by atoms with Gasteiger partial charge in [-0.25, -0.2) is 0 Å². The molecule has 92 valence electrons. The number of amidine groups is 1. The number of ether oxygens (including phenoxy) is 1. The predicted molar refractivity (Wildman–Crippen MR) is 74.4 cm³/mol. The zero-order chi connectivity index (χ0) is 12.2. The van der Waals surface area contributed by atoms with Gasteiger partial charge in [0, 0.05) is 18.4 Å². The first kappa shape index (κ1) is 11.1. The van der Waals surface area contributed by atoms with Crippen molar-refractivity contribution >= 4 is 16.6 Å². The summed E-state index contributed by atoms with van der Waals surface area (Å²) in [4.78, 5) is 4.35. The monoisotopic (exact) mass is 240 g/mol. The van der Waals surface area contributed by atoms with Crippen LogP contribution in [0.3, 0.4) is 0 Å². The van der Waals surface area contributed by atoms with Crippen molar-refractivity contribution in [2.45, 2.75) is 6.42 Å². The van der Waals surface area contributed by atoms with Gasteiger partial charge < -0.3 is 10.1 Å². The number of nitrogens with one attached hydrogen (secondary N) is 1. The summed E-state index contributed by atoms with van der Waals surface area (Å²) in [6.45, 7) is 2.52. The van der Waals surface area contributed by atoms with E-state index in [-0.39, 0.29) is 0 Å². The Morgan fingerprint density at radius 1 is 1.11 bits per heavy atom. The largest absolute Gasteiger partial charge is 0.492 e. The molecule has 2 aromatic carbocycles. The molecule has 3 rings (SSSR count). The van der Waals surface area contributed by atoms with Crippen molar-refractivity contribution in [3.8, 4) is 5.75 Å². The molecule has 0 aliphatic carbocycles. The third-order valence-corrected chi connectivity index (χ3v) is 3.09. The van der Waals surface area contributed by atoms with Crippen LogP contribution in [0.1, 0.15) is 6.42 Å². The number of rotatable bonds is 4. The Bertz CT molecular complexity index is 572. The highest BCUT2D eigenvalue weighted by Crippen LogP contribution is 2.25. The molecule has 2 aromatic rings. The summed E-state index contributed by atoms with van der Waals surface area (Å²) in [6.07, 6.45) is 0.850. The molecule has 0 bridgehead atoms. The quantitative estimate of drug-likeness (QED) is 0.891. The first-order valence-corrected chi connectivity index (χ1v) is 6.31. The van der Waals surface area contributed by atoms with Crippen LogP contribution in [0.15, 0.2) is 47.5 Å². The first-order chi connectivity index (χ1) is 8.93. The first-order valence-electron chi connectivity index (χ1n) is 6.31. The van der Waals surface area contributed by atoms with Crippen molar-refractivity contribution in [1.29, 1.82) is 0 Å². The lowest BCUT2D eigenvalue weighted by Gasteiger charge is -2.09. The maximum absolute atomic E-state index is 5.86. The summed E-state index contributed by atoms with van der Waals surface area (Å²) in [5.41, 5.74) is 0. The summed E-state index contributed by atoms with van der Waals surface area (Å²) in [5.74, 6) is 2.02. The van der Waals surface area contributed by atoms with E-state index in [0.717, 1.165) is 31.1 Å². The normalized spacial score (nSPS) is 14.3. The second kappa shape index (κ2) is 5.08. The van der Waals surface area contributed by atoms with E-state index >= 15 is 0 Å². The fourth-order valence-corrected chi connectivity index (χ4v) is 2.19. The van der Waals surface area contributed by atoms with Gasteiger partial charge >= 0.3 is 0 Å². The van der Waals surface area contributed by atoms with Crippen LogP contribution in [-0.2, 0) is 0 Å². The van der Waals surface area contributed by atoms with E-state index in [1.165, 1.54) is 10.8 Å². The van der Waals surface area contributed by atoms with Gasteiger partial charge in [-0.3, -0.25) is 4.99 Å². The maximum atomic E-state index is 5.86. The lowest BCUT2D eigenvalue weighted by Crippen LogP contribution is -2.20. The van der Waals surface area contributed by atoms with Crippen molar-refractivity contribution in [3.05, 3.63) is 42.5 Å². The third kappa shape index (κ3) is 2.30. The Balaban J connectivity index is 1.70. The molecule has 0 fully saturated rings. The van der Waals surface area contributed by atoms with Gasteiger partial charge in [-0.05, 0) is 11.5 Å². The number of aliphatic imine (C=N–C) groups is 1. The number of hydrogen-bond acceptors (Lipinski definition) is 3. The summed E-state index contributed by atoms with van der Waals surface area (Å²) in [6, 6.07) is 14.4. The van der Waals surface area contributed by atoms with Crippen LogP contribution >= 0.6 is 0 Å². The zero-order valence-electron chi connectivity index (χ0n) is 10.2. The standard InChI is InChI=1S/C15H16N2O/c1-2-6-13-12(4-1)5-3-7-14(13)18-11-8-15-16-9-10-17-15/h1-7H,8-11H2,(H,16,17). The van der Waals surface area contributed by atoms with Crippen molar-refractivity contribution < 1.29 is 4.74 Å². The summed E-state index contributed by atoms with van der Waals surface area (Å²) in [5, 5.41) is 5.63. The molecule has 0 amide bonds. The second-order valence-corrected chi connectivity index (χ2v) is 4.33. The Hall–Kier alpha value is -2.03. The van der Waals surface area contributed by atoms with E-state index in [2.05, 4.69) is 28.5 Å². The van der Waals surface area contributed by atoms with Gasteiger partial charge in [0.25, 0.3) is 0 Å². The van der Waals surface area contributed by atoms with Crippen LogP contribution in [0.2, 0.25) is 0 Å². The molecule has 1 aliphatic heterocycles. The number of fused-ring (bicyclic) bond motifs is 1. The van der Waals surface area contributed by atoms with Crippen molar-refractivity contribution in [2.75, 3.05) is 19.7 Å². The van der Waals surface area contributed by atoms with Crippen LogP contribution in [0.25, 0.3) is 10.8 Å². The molecule has 18 heavy (non-hydrogen) atoms. The van der Waals surface area contributed by atoms with Crippen molar-refractivity contribution in [2.24, 2.45) is 4.99 Å². The molecule has 0 radical (unpaired) electrons. The summed E-state index contributed by atoms with van der Waals surface area (Å²) >= 11 is 0. The average Bonchev–Trinajstić information content (AvgIpc) is 2.92. The molecule has 0 unspecified atom stereocenters. The fourth-order valence-electron chi connectivity index (χ4n) is 2.19. The van der Waals surface area contributed by atoms with E-state index in [1.807, 2.05) is 24.3 Å². The van der Waals surface area contributed by atoms with Gasteiger partial charge in [0.1, 0.15) is 5.75 Å². The van der Waals surface area contributed by atoms with Gasteiger partial charge in [0.2, 0.25) is 0 Å². The van der Waals surface area contributed by atoms with Crippen LogP contribution in [0, 0.1) is 0 Å². The molecule has 0 atom stereocenters. The smallest absolute Gasteiger partial charge is 0.127 e. The molecule has 0 aromatic heterocycles. The van der Waals surface area contributed by atoms with Gasteiger partial charge in [-0.2, -0.15) is 0 Å². The zero-order valence-corrected chi connectivity index (χ0v) is 10.2. The molecule has 1 N–H and O–H groups in total. The van der Waals surface area contributed by atoms with Gasteiger partial charge in [-0.15, -0.1) is 0 Å². The van der Waals surface area contributed by atoms with Gasteiger partial charge in [-0.1, -0.05) is 36.4 Å². The molecule has 3 nitrogen and oxygen atoms in total. The second-order valence-electron chi connectivity index (χ2n) is 4.33. The van der Waals surface area contributed by atoms with Crippen LogP contribution in [-0.4, -0.2) is 25.5 Å². The highest BCUT2D eigenvalue weighted by Gasteiger charge is 2.05. The average molecular weight is 240 g/mol. The Morgan fingerprint density at radius 3 is 2.89 bits per heavy atom. The molecule has 0 saturated carbocycles. The Labute approximate surface area is 106 Å². The highest BCUT2D eigenvalue weighted by molar-refractivity contribution is 5.88. The lowest BCUT2D eigenvalue weighted by molar-refractivity contribution is 0.332. The number of nitrogens with zero attached hydrogens (tertiary/aromatic N) is 1. The van der Waals surface area contributed by atoms with E-state index < -0.39 is 0 Å². The molecular formula is C15H16N2O. The number of benzene rings is 2.